The third kappa shape index (κ3) is 1.05. The van der Waals surface area contributed by atoms with Crippen LogP contribution in [0.1, 0.15) is 12.1 Å². The van der Waals surface area contributed by atoms with Gasteiger partial charge in [0, 0.05) is 6.54 Å². The molecule has 0 radical (unpaired) electrons. The van der Waals surface area contributed by atoms with Gasteiger partial charge in [0.1, 0.15) is 6.26 Å². The molecule has 0 N–H and O–H groups in total. The Morgan fingerprint density at radius 2 is 2.54 bits per heavy atom. The van der Waals surface area contributed by atoms with Crippen LogP contribution in [0.15, 0.2) is 10.7 Å². The van der Waals surface area contributed by atoms with Crippen LogP contribution in [0.25, 0.3) is 0 Å². The van der Waals surface area contributed by atoms with E-state index >= 15 is 0 Å². The Kier molecular flexibility index (Phi) is 1.41. The van der Waals surface area contributed by atoms with Crippen molar-refractivity contribution < 1.29 is 9.15 Å². The number of aromatic nitrogens is 1. The van der Waals surface area contributed by atoms with Crippen molar-refractivity contribution in [3.8, 4) is 0 Å². The molecule has 3 heterocycles. The highest BCUT2D eigenvalue weighted by Gasteiger charge is 2.40. The lowest BCUT2D eigenvalue weighted by Crippen LogP contribution is -2.37. The number of hydrogen-bond acceptors (Lipinski definition) is 4. The Morgan fingerprint density at radius 3 is 3.08 bits per heavy atom. The molecule has 0 aliphatic carbocycles. The number of rotatable bonds is 1. The highest BCUT2D eigenvalue weighted by atomic mass is 16.5. The van der Waals surface area contributed by atoms with Gasteiger partial charge in [-0.3, -0.25) is 0 Å². The maximum Gasteiger partial charge on any atom is 0.297 e. The number of nitrogens with zero attached hydrogens (tertiary/aromatic N) is 2. The van der Waals surface area contributed by atoms with Crippen molar-refractivity contribution in [3.63, 3.8) is 0 Å². The summed E-state index contributed by atoms with van der Waals surface area (Å²) in [6.07, 6.45) is 3.22. The van der Waals surface area contributed by atoms with Crippen LogP contribution in [0.5, 0.6) is 0 Å². The summed E-state index contributed by atoms with van der Waals surface area (Å²) in [7, 11) is 0. The molecule has 4 nitrogen and oxygen atoms in total. The number of ether oxygens (including phenoxy) is 1. The number of aryl methyl sites for hydroxylation is 1. The smallest absolute Gasteiger partial charge is 0.297 e. The van der Waals surface area contributed by atoms with Gasteiger partial charge in [0.15, 0.2) is 0 Å². The molecular weight excluding hydrogens is 168 g/mol. The van der Waals surface area contributed by atoms with Gasteiger partial charge in [-0.25, -0.2) is 0 Å². The summed E-state index contributed by atoms with van der Waals surface area (Å²) >= 11 is 0. The lowest BCUT2D eigenvalue weighted by molar-refractivity contribution is 0.0974. The molecule has 2 saturated heterocycles. The highest BCUT2D eigenvalue weighted by Crippen LogP contribution is 2.31. The van der Waals surface area contributed by atoms with Gasteiger partial charge in [-0.2, -0.15) is 4.98 Å². The van der Waals surface area contributed by atoms with E-state index in [0.717, 1.165) is 31.3 Å². The fraction of sp³-hybridized carbons (Fsp3) is 0.667. The molecule has 0 amide bonds. The molecule has 2 unspecified atom stereocenters. The largest absolute Gasteiger partial charge is 0.432 e. The van der Waals surface area contributed by atoms with Gasteiger partial charge in [0.2, 0.25) is 0 Å². The average molecular weight is 180 g/mol. The second kappa shape index (κ2) is 2.48. The third-order valence-electron chi connectivity index (χ3n) is 2.75. The van der Waals surface area contributed by atoms with Gasteiger partial charge in [0.05, 0.1) is 24.4 Å². The minimum Gasteiger partial charge on any atom is -0.432 e. The van der Waals surface area contributed by atoms with E-state index in [1.54, 1.807) is 6.26 Å². The van der Waals surface area contributed by atoms with Crippen LogP contribution >= 0.6 is 0 Å². The summed E-state index contributed by atoms with van der Waals surface area (Å²) in [6, 6.07) is 1.25. The van der Waals surface area contributed by atoms with Gasteiger partial charge in [-0.05, 0) is 13.3 Å². The van der Waals surface area contributed by atoms with Gasteiger partial charge in [-0.15, -0.1) is 0 Å². The van der Waals surface area contributed by atoms with Crippen molar-refractivity contribution in [1.82, 2.24) is 4.98 Å². The molecule has 0 saturated carbocycles. The average Bonchev–Trinajstić information content (AvgIpc) is 2.77. The van der Waals surface area contributed by atoms with Crippen molar-refractivity contribution in [2.75, 3.05) is 18.1 Å². The predicted molar refractivity (Wildman–Crippen MR) is 46.7 cm³/mol. The van der Waals surface area contributed by atoms with Crippen LogP contribution < -0.4 is 4.90 Å². The number of oxazole rings is 1. The SMILES string of the molecule is Cc1coc(N2CC3CC2CO3)n1. The van der Waals surface area contributed by atoms with Crippen molar-refractivity contribution >= 4 is 6.01 Å². The quantitative estimate of drug-likeness (QED) is 0.645. The predicted octanol–water partition coefficient (Wildman–Crippen LogP) is 0.961. The summed E-state index contributed by atoms with van der Waals surface area (Å²) in [5.74, 6) is 0. The topological polar surface area (TPSA) is 38.5 Å². The van der Waals surface area contributed by atoms with Crippen LogP contribution in [-0.2, 0) is 4.74 Å². The van der Waals surface area contributed by atoms with E-state index in [4.69, 9.17) is 9.15 Å². The zero-order valence-corrected chi connectivity index (χ0v) is 7.56. The van der Waals surface area contributed by atoms with Gasteiger partial charge in [0.25, 0.3) is 6.01 Å². The Bertz CT molecular complexity index is 323. The molecule has 4 heteroatoms. The van der Waals surface area contributed by atoms with Crippen LogP contribution in [0.2, 0.25) is 0 Å². The highest BCUT2D eigenvalue weighted by molar-refractivity contribution is 5.33. The number of fused-ring (bicyclic) bond motifs is 2. The lowest BCUT2D eigenvalue weighted by atomic mass is 10.2. The summed E-state index contributed by atoms with van der Waals surface area (Å²) in [6.45, 7) is 3.70. The molecule has 2 aliphatic rings. The van der Waals surface area contributed by atoms with E-state index in [0.29, 0.717) is 12.1 Å². The Balaban J connectivity index is 1.87. The van der Waals surface area contributed by atoms with Gasteiger partial charge in [-0.1, -0.05) is 0 Å². The normalized spacial score (nSPS) is 31.6. The van der Waals surface area contributed by atoms with E-state index < -0.39 is 0 Å². The first-order valence-electron chi connectivity index (χ1n) is 4.63. The van der Waals surface area contributed by atoms with Crippen molar-refractivity contribution in [1.29, 1.82) is 0 Å². The fourth-order valence-corrected chi connectivity index (χ4v) is 2.11. The first-order valence-corrected chi connectivity index (χ1v) is 4.63. The monoisotopic (exact) mass is 180 g/mol. The van der Waals surface area contributed by atoms with E-state index in [1.165, 1.54) is 0 Å². The molecule has 2 bridgehead atoms. The number of hydrogen-bond donors (Lipinski definition) is 0. The van der Waals surface area contributed by atoms with Crippen LogP contribution in [-0.4, -0.2) is 30.3 Å². The Hall–Kier alpha value is -1.03. The molecule has 1 aromatic heterocycles. The zero-order valence-electron chi connectivity index (χ0n) is 7.56. The van der Waals surface area contributed by atoms with Gasteiger partial charge < -0.3 is 14.1 Å². The van der Waals surface area contributed by atoms with E-state index in [1.807, 2.05) is 6.92 Å². The zero-order chi connectivity index (χ0) is 8.84. The standard InChI is InChI=1S/C9H12N2O2/c1-6-4-13-9(10-6)11-3-8-2-7(11)5-12-8/h4,7-8H,2-3,5H2,1H3. The summed E-state index contributed by atoms with van der Waals surface area (Å²) in [4.78, 5) is 6.52. The number of anilines is 1. The van der Waals surface area contributed by atoms with Crippen LogP contribution in [0.4, 0.5) is 6.01 Å². The maximum absolute atomic E-state index is 5.50. The molecule has 0 aromatic carbocycles. The molecule has 70 valence electrons. The molecule has 2 fully saturated rings. The Morgan fingerprint density at radius 1 is 1.62 bits per heavy atom. The second-order valence-electron chi connectivity index (χ2n) is 3.77. The first-order chi connectivity index (χ1) is 6.33. The molecule has 1 aromatic rings. The summed E-state index contributed by atoms with van der Waals surface area (Å²) in [5.41, 5.74) is 0.943. The number of morpholine rings is 1. The summed E-state index contributed by atoms with van der Waals surface area (Å²) < 4.78 is 10.9. The molecule has 0 spiro atoms. The van der Waals surface area contributed by atoms with Crippen LogP contribution in [0.3, 0.4) is 0 Å². The van der Waals surface area contributed by atoms with Gasteiger partial charge >= 0.3 is 0 Å². The lowest BCUT2D eigenvalue weighted by Gasteiger charge is -2.24. The summed E-state index contributed by atoms with van der Waals surface area (Å²) in [5, 5.41) is 0. The molecular formula is C9H12N2O2. The molecule has 13 heavy (non-hydrogen) atoms. The third-order valence-corrected chi connectivity index (χ3v) is 2.75. The fourth-order valence-electron chi connectivity index (χ4n) is 2.11. The minimum absolute atomic E-state index is 0.400. The van der Waals surface area contributed by atoms with Crippen molar-refractivity contribution in [2.45, 2.75) is 25.5 Å². The van der Waals surface area contributed by atoms with E-state index in [2.05, 4.69) is 9.88 Å². The van der Waals surface area contributed by atoms with E-state index in [-0.39, 0.29) is 0 Å². The molecule has 3 rings (SSSR count). The van der Waals surface area contributed by atoms with Crippen molar-refractivity contribution in [3.05, 3.63) is 12.0 Å². The van der Waals surface area contributed by atoms with E-state index in [9.17, 15) is 0 Å². The first kappa shape index (κ1) is 7.38. The van der Waals surface area contributed by atoms with Crippen LogP contribution in [0, 0.1) is 6.92 Å². The minimum atomic E-state index is 0.400. The second-order valence-corrected chi connectivity index (χ2v) is 3.77. The molecule has 2 atom stereocenters. The Labute approximate surface area is 76.5 Å². The van der Waals surface area contributed by atoms with Crippen molar-refractivity contribution in [2.24, 2.45) is 0 Å². The molecule has 2 aliphatic heterocycles. The maximum atomic E-state index is 5.50.